The highest BCUT2D eigenvalue weighted by Gasteiger charge is 2.29. The van der Waals surface area contributed by atoms with Crippen LogP contribution in [0.3, 0.4) is 0 Å². The summed E-state index contributed by atoms with van der Waals surface area (Å²) in [5.74, 6) is 0.994. The van der Waals surface area contributed by atoms with Crippen molar-refractivity contribution in [3.8, 4) is 0 Å². The van der Waals surface area contributed by atoms with E-state index < -0.39 is 10.0 Å². The predicted octanol–water partition coefficient (Wildman–Crippen LogP) is 0.877. The molecule has 0 radical (unpaired) electrons. The minimum Gasteiger partial charge on any atom is -0.312 e. The summed E-state index contributed by atoms with van der Waals surface area (Å²) in [6, 6.07) is 6.32. The number of carbonyl (C=O) groups is 1. The third kappa shape index (κ3) is 2.93. The van der Waals surface area contributed by atoms with Crippen molar-refractivity contribution in [1.29, 1.82) is 0 Å². The largest absolute Gasteiger partial charge is 0.312 e. The van der Waals surface area contributed by atoms with Crippen LogP contribution in [0.5, 0.6) is 0 Å². The van der Waals surface area contributed by atoms with Crippen molar-refractivity contribution in [2.75, 3.05) is 24.2 Å². The molecular weight excluding hydrogens is 284 g/mol. The topological polar surface area (TPSA) is 66.5 Å². The van der Waals surface area contributed by atoms with E-state index in [1.807, 2.05) is 0 Å². The zero-order valence-corrected chi connectivity index (χ0v) is 12.2. The van der Waals surface area contributed by atoms with E-state index >= 15 is 0 Å². The molecule has 1 atom stereocenters. The Morgan fingerprint density at radius 2 is 2.00 bits per heavy atom. The monoisotopic (exact) mass is 300 g/mol. The van der Waals surface area contributed by atoms with Crippen LogP contribution >= 0.6 is 12.6 Å². The Hall–Kier alpha value is -1.05. The van der Waals surface area contributed by atoms with Gasteiger partial charge in [0.1, 0.15) is 0 Å². The average molecular weight is 300 g/mol. The van der Waals surface area contributed by atoms with Gasteiger partial charge in [0.15, 0.2) is 0 Å². The van der Waals surface area contributed by atoms with Crippen molar-refractivity contribution in [1.82, 2.24) is 4.72 Å². The smallest absolute Gasteiger partial charge is 0.240 e. The molecule has 104 valence electrons. The van der Waals surface area contributed by atoms with Crippen LogP contribution in [0, 0.1) is 5.92 Å². The quantitative estimate of drug-likeness (QED) is 0.811. The summed E-state index contributed by atoms with van der Waals surface area (Å²) in [5.41, 5.74) is 0.726. The van der Waals surface area contributed by atoms with Crippen LogP contribution in [0.4, 0.5) is 5.69 Å². The summed E-state index contributed by atoms with van der Waals surface area (Å²) in [5, 5.41) is 0. The molecule has 1 heterocycles. The molecule has 1 fully saturated rings. The number of thiol groups is 1. The number of hydrogen-bond donors (Lipinski definition) is 2. The van der Waals surface area contributed by atoms with Crippen LogP contribution in [-0.2, 0) is 14.8 Å². The van der Waals surface area contributed by atoms with Gasteiger partial charge in [-0.15, -0.1) is 0 Å². The van der Waals surface area contributed by atoms with Gasteiger partial charge in [-0.3, -0.25) is 4.79 Å². The van der Waals surface area contributed by atoms with Crippen LogP contribution in [-0.4, -0.2) is 33.7 Å². The number of hydrogen-bond acceptors (Lipinski definition) is 4. The molecule has 1 aliphatic heterocycles. The predicted molar refractivity (Wildman–Crippen MR) is 77.0 cm³/mol. The molecule has 1 aliphatic rings. The number of amides is 1. The summed E-state index contributed by atoms with van der Waals surface area (Å²) >= 11 is 4.21. The first-order valence-corrected chi connectivity index (χ1v) is 8.04. The summed E-state index contributed by atoms with van der Waals surface area (Å²) in [4.78, 5) is 13.7. The molecule has 0 saturated carbocycles. The van der Waals surface area contributed by atoms with Gasteiger partial charge in [0.05, 0.1) is 4.90 Å². The molecule has 1 N–H and O–H groups in total. The molecule has 1 aromatic rings. The summed E-state index contributed by atoms with van der Waals surface area (Å²) in [6.07, 6.45) is 0.500. The van der Waals surface area contributed by atoms with Gasteiger partial charge in [0.25, 0.3) is 0 Å². The lowest BCUT2D eigenvalue weighted by Crippen LogP contribution is -2.25. The summed E-state index contributed by atoms with van der Waals surface area (Å²) in [6.45, 7) is 0.639. The fourth-order valence-corrected chi connectivity index (χ4v) is 3.05. The van der Waals surface area contributed by atoms with E-state index in [0.717, 1.165) is 5.69 Å². The number of rotatable bonds is 4. The standard InChI is InChI=1S/C12H16N2O3S2/c1-13-19(16,17)11-4-2-10(3-5-11)14-7-9(8-18)6-12(14)15/h2-5,9,13,18H,6-8H2,1H3. The maximum atomic E-state index is 11.8. The molecule has 1 saturated heterocycles. The Labute approximate surface area is 118 Å². The van der Waals surface area contributed by atoms with Gasteiger partial charge in [-0.2, -0.15) is 12.6 Å². The molecule has 2 rings (SSSR count). The molecule has 1 unspecified atom stereocenters. The molecule has 1 amide bonds. The van der Waals surface area contributed by atoms with Crippen molar-refractivity contribution < 1.29 is 13.2 Å². The Balaban J connectivity index is 2.22. The first-order chi connectivity index (χ1) is 8.97. The van der Waals surface area contributed by atoms with Crippen molar-refractivity contribution in [3.63, 3.8) is 0 Å². The van der Waals surface area contributed by atoms with Crippen molar-refractivity contribution in [2.45, 2.75) is 11.3 Å². The van der Waals surface area contributed by atoms with E-state index in [1.54, 1.807) is 17.0 Å². The highest BCUT2D eigenvalue weighted by molar-refractivity contribution is 7.89. The number of anilines is 1. The number of nitrogens with zero attached hydrogens (tertiary/aromatic N) is 1. The first kappa shape index (κ1) is 14.4. The molecule has 0 spiro atoms. The minimum atomic E-state index is -3.43. The lowest BCUT2D eigenvalue weighted by molar-refractivity contribution is -0.117. The highest BCUT2D eigenvalue weighted by atomic mass is 32.2. The number of nitrogens with one attached hydrogen (secondary N) is 1. The Bertz CT molecular complexity index is 569. The molecule has 5 nitrogen and oxygen atoms in total. The first-order valence-electron chi connectivity index (χ1n) is 5.93. The van der Waals surface area contributed by atoms with Gasteiger partial charge < -0.3 is 4.90 Å². The van der Waals surface area contributed by atoms with Gasteiger partial charge in [-0.25, -0.2) is 13.1 Å². The Morgan fingerprint density at radius 1 is 1.37 bits per heavy atom. The second-order valence-electron chi connectivity index (χ2n) is 4.46. The molecular formula is C12H16N2O3S2. The van der Waals surface area contributed by atoms with Crippen LogP contribution < -0.4 is 9.62 Å². The van der Waals surface area contributed by atoms with Gasteiger partial charge in [-0.1, -0.05) is 0 Å². The van der Waals surface area contributed by atoms with E-state index in [4.69, 9.17) is 0 Å². The van der Waals surface area contributed by atoms with E-state index in [2.05, 4.69) is 17.4 Å². The molecule has 1 aromatic carbocycles. The molecule has 19 heavy (non-hydrogen) atoms. The van der Waals surface area contributed by atoms with Crippen molar-refractivity contribution in [3.05, 3.63) is 24.3 Å². The fourth-order valence-electron chi connectivity index (χ4n) is 2.08. The van der Waals surface area contributed by atoms with Crippen molar-refractivity contribution in [2.24, 2.45) is 5.92 Å². The highest BCUT2D eigenvalue weighted by Crippen LogP contribution is 2.26. The van der Waals surface area contributed by atoms with E-state index in [1.165, 1.54) is 19.2 Å². The van der Waals surface area contributed by atoms with Crippen molar-refractivity contribution >= 4 is 34.2 Å². The van der Waals surface area contributed by atoms with Gasteiger partial charge >= 0.3 is 0 Å². The summed E-state index contributed by atoms with van der Waals surface area (Å²) < 4.78 is 25.4. The SMILES string of the molecule is CNS(=O)(=O)c1ccc(N2CC(CS)CC2=O)cc1. The molecule has 0 aliphatic carbocycles. The third-order valence-electron chi connectivity index (χ3n) is 3.19. The second kappa shape index (κ2) is 5.52. The maximum absolute atomic E-state index is 11.8. The number of sulfonamides is 1. The Morgan fingerprint density at radius 3 is 2.47 bits per heavy atom. The lowest BCUT2D eigenvalue weighted by atomic mass is 10.1. The van der Waals surface area contributed by atoms with Crippen LogP contribution in [0.1, 0.15) is 6.42 Å². The number of carbonyl (C=O) groups excluding carboxylic acids is 1. The molecule has 0 bridgehead atoms. The zero-order chi connectivity index (χ0) is 14.0. The van der Waals surface area contributed by atoms with E-state index in [-0.39, 0.29) is 16.7 Å². The van der Waals surface area contributed by atoms with E-state index in [9.17, 15) is 13.2 Å². The fraction of sp³-hybridized carbons (Fsp3) is 0.417. The number of benzene rings is 1. The van der Waals surface area contributed by atoms with Crippen LogP contribution in [0.15, 0.2) is 29.2 Å². The van der Waals surface area contributed by atoms with E-state index in [0.29, 0.717) is 18.7 Å². The van der Waals surface area contributed by atoms with Gasteiger partial charge in [-0.05, 0) is 43.0 Å². The average Bonchev–Trinajstić information content (AvgIpc) is 2.80. The maximum Gasteiger partial charge on any atom is 0.240 e. The van der Waals surface area contributed by atoms with Gasteiger partial charge in [0, 0.05) is 18.7 Å². The minimum absolute atomic E-state index is 0.0586. The lowest BCUT2D eigenvalue weighted by Gasteiger charge is -2.16. The molecule has 7 heteroatoms. The zero-order valence-electron chi connectivity index (χ0n) is 10.5. The summed E-state index contributed by atoms with van der Waals surface area (Å²) in [7, 11) is -2.07. The Kier molecular flexibility index (Phi) is 4.17. The molecule has 0 aromatic heterocycles. The second-order valence-corrected chi connectivity index (χ2v) is 6.71. The van der Waals surface area contributed by atoms with Gasteiger partial charge in [0.2, 0.25) is 15.9 Å². The van der Waals surface area contributed by atoms with Crippen LogP contribution in [0.25, 0.3) is 0 Å². The normalized spacial score (nSPS) is 20.0. The van der Waals surface area contributed by atoms with Crippen LogP contribution in [0.2, 0.25) is 0 Å². The third-order valence-corrected chi connectivity index (χ3v) is 5.14.